The van der Waals surface area contributed by atoms with Crippen LogP contribution < -0.4 is 0 Å². The maximum atomic E-state index is 11.3. The first-order valence-corrected chi connectivity index (χ1v) is 6.62. The second-order valence-electron chi connectivity index (χ2n) is 6.40. The van der Waals surface area contributed by atoms with Crippen molar-refractivity contribution in [3.05, 3.63) is 34.9 Å². The molecule has 98 valence electrons. The quantitative estimate of drug-likeness (QED) is 0.850. The van der Waals surface area contributed by atoms with Crippen LogP contribution in [0.1, 0.15) is 61.5 Å². The number of carbonyl (C=O) groups is 1. The van der Waals surface area contributed by atoms with Crippen LogP contribution in [0.2, 0.25) is 0 Å². The van der Waals surface area contributed by atoms with E-state index >= 15 is 0 Å². The number of rotatable bonds is 2. The fraction of sp³-hybridized carbons (Fsp3) is 0.562. The van der Waals surface area contributed by atoms with Crippen molar-refractivity contribution in [2.45, 2.75) is 52.4 Å². The molecule has 0 aromatic heterocycles. The van der Waals surface area contributed by atoms with Gasteiger partial charge in [-0.25, -0.2) is 4.79 Å². The van der Waals surface area contributed by atoms with Gasteiger partial charge in [-0.1, -0.05) is 39.3 Å². The largest absolute Gasteiger partial charge is 0.478 e. The van der Waals surface area contributed by atoms with E-state index in [0.29, 0.717) is 5.56 Å². The Morgan fingerprint density at radius 1 is 1.22 bits per heavy atom. The zero-order valence-electron chi connectivity index (χ0n) is 11.7. The topological polar surface area (TPSA) is 37.3 Å². The summed E-state index contributed by atoms with van der Waals surface area (Å²) in [6.07, 6.45) is 3.57. The number of aromatic carboxylic acids is 1. The van der Waals surface area contributed by atoms with Crippen molar-refractivity contribution in [1.82, 2.24) is 0 Å². The van der Waals surface area contributed by atoms with Crippen LogP contribution in [0, 0.1) is 12.3 Å². The Hall–Kier alpha value is -1.31. The summed E-state index contributed by atoms with van der Waals surface area (Å²) < 4.78 is 0. The highest BCUT2D eigenvalue weighted by Crippen LogP contribution is 2.53. The second kappa shape index (κ2) is 4.11. The van der Waals surface area contributed by atoms with Crippen LogP contribution in [-0.2, 0) is 5.41 Å². The fourth-order valence-corrected chi connectivity index (χ4v) is 3.23. The van der Waals surface area contributed by atoms with Crippen LogP contribution in [0.15, 0.2) is 18.2 Å². The molecule has 1 aromatic rings. The number of benzene rings is 1. The molecular formula is C16H22O2. The fourth-order valence-electron chi connectivity index (χ4n) is 3.23. The first-order chi connectivity index (χ1) is 8.28. The molecule has 1 N–H and O–H groups in total. The van der Waals surface area contributed by atoms with Gasteiger partial charge in [-0.15, -0.1) is 0 Å². The van der Waals surface area contributed by atoms with Crippen LogP contribution in [0.5, 0.6) is 0 Å². The maximum Gasteiger partial charge on any atom is 0.335 e. The average molecular weight is 246 g/mol. The number of hydrogen-bond donors (Lipinski definition) is 1. The molecule has 1 fully saturated rings. The molecule has 1 saturated carbocycles. The van der Waals surface area contributed by atoms with E-state index in [0.717, 1.165) is 12.0 Å². The third-order valence-electron chi connectivity index (χ3n) is 5.08. The Morgan fingerprint density at radius 3 is 2.39 bits per heavy atom. The molecule has 2 rings (SSSR count). The van der Waals surface area contributed by atoms with E-state index in [1.54, 1.807) is 0 Å². The summed E-state index contributed by atoms with van der Waals surface area (Å²) in [4.78, 5) is 11.3. The van der Waals surface area contributed by atoms with E-state index in [-0.39, 0.29) is 10.8 Å². The van der Waals surface area contributed by atoms with Gasteiger partial charge in [-0.2, -0.15) is 0 Å². The first kappa shape index (κ1) is 13.1. The normalized spacial score (nSPS) is 26.2. The van der Waals surface area contributed by atoms with E-state index in [2.05, 4.69) is 26.8 Å². The highest BCUT2D eigenvalue weighted by Gasteiger charge is 2.46. The van der Waals surface area contributed by atoms with Gasteiger partial charge in [0.15, 0.2) is 0 Å². The van der Waals surface area contributed by atoms with Gasteiger partial charge in [0.25, 0.3) is 0 Å². The van der Waals surface area contributed by atoms with Gasteiger partial charge in [0.1, 0.15) is 0 Å². The lowest BCUT2D eigenvalue weighted by Gasteiger charge is -2.39. The van der Waals surface area contributed by atoms with Crippen molar-refractivity contribution >= 4 is 5.97 Å². The molecule has 0 heterocycles. The lowest BCUT2D eigenvalue weighted by molar-refractivity contribution is 0.0695. The molecule has 0 bridgehead atoms. The van der Waals surface area contributed by atoms with Gasteiger partial charge in [0.05, 0.1) is 5.56 Å². The Balaban J connectivity index is 2.52. The molecule has 2 nitrogen and oxygen atoms in total. The Bertz CT molecular complexity index is 488. The van der Waals surface area contributed by atoms with Crippen molar-refractivity contribution in [3.8, 4) is 0 Å². The van der Waals surface area contributed by atoms with E-state index < -0.39 is 5.97 Å². The minimum absolute atomic E-state index is 0.0882. The highest BCUT2D eigenvalue weighted by molar-refractivity contribution is 5.89. The van der Waals surface area contributed by atoms with Crippen molar-refractivity contribution in [2.75, 3.05) is 0 Å². The Labute approximate surface area is 109 Å². The maximum absolute atomic E-state index is 11.3. The van der Waals surface area contributed by atoms with Gasteiger partial charge < -0.3 is 5.11 Å². The van der Waals surface area contributed by atoms with Crippen molar-refractivity contribution in [3.63, 3.8) is 0 Å². The summed E-state index contributed by atoms with van der Waals surface area (Å²) in [5.41, 5.74) is 2.78. The smallest absolute Gasteiger partial charge is 0.335 e. The van der Waals surface area contributed by atoms with Crippen LogP contribution >= 0.6 is 0 Å². The Kier molecular flexibility index (Phi) is 3.00. The van der Waals surface area contributed by atoms with Crippen molar-refractivity contribution in [2.24, 2.45) is 5.41 Å². The zero-order chi connectivity index (χ0) is 13.6. The minimum Gasteiger partial charge on any atom is -0.478 e. The molecule has 0 spiro atoms. The van der Waals surface area contributed by atoms with Crippen LogP contribution in [0.4, 0.5) is 0 Å². The van der Waals surface area contributed by atoms with E-state index in [9.17, 15) is 9.90 Å². The highest BCUT2D eigenvalue weighted by atomic mass is 16.4. The number of carboxylic acid groups (broad SMARTS) is 1. The monoisotopic (exact) mass is 246 g/mol. The van der Waals surface area contributed by atoms with E-state index in [4.69, 9.17) is 0 Å². The summed E-state index contributed by atoms with van der Waals surface area (Å²) >= 11 is 0. The van der Waals surface area contributed by atoms with Gasteiger partial charge in [0.2, 0.25) is 0 Å². The predicted octanol–water partition coefficient (Wildman–Crippen LogP) is 4.16. The molecule has 1 aliphatic carbocycles. The van der Waals surface area contributed by atoms with Crippen molar-refractivity contribution in [1.29, 1.82) is 0 Å². The molecule has 0 amide bonds. The predicted molar refractivity (Wildman–Crippen MR) is 73.1 cm³/mol. The van der Waals surface area contributed by atoms with Gasteiger partial charge in [-0.05, 0) is 47.8 Å². The molecule has 18 heavy (non-hydrogen) atoms. The molecule has 0 aliphatic heterocycles. The van der Waals surface area contributed by atoms with Gasteiger partial charge in [-0.3, -0.25) is 0 Å². The number of carboxylic acids is 1. The molecule has 0 radical (unpaired) electrons. The third-order valence-corrected chi connectivity index (χ3v) is 5.08. The van der Waals surface area contributed by atoms with Crippen molar-refractivity contribution < 1.29 is 9.90 Å². The molecule has 1 aliphatic rings. The summed E-state index contributed by atoms with van der Waals surface area (Å²) in [6.45, 7) is 8.71. The van der Waals surface area contributed by atoms with Crippen LogP contribution in [-0.4, -0.2) is 11.1 Å². The number of hydrogen-bond acceptors (Lipinski definition) is 1. The summed E-state index contributed by atoms with van der Waals surface area (Å²) in [7, 11) is 0. The first-order valence-electron chi connectivity index (χ1n) is 6.62. The molecule has 1 atom stereocenters. The molecule has 2 heteroatoms. The Morgan fingerprint density at radius 2 is 1.89 bits per heavy atom. The average Bonchev–Trinajstić information content (AvgIpc) is 2.54. The van der Waals surface area contributed by atoms with E-state index in [1.165, 1.54) is 18.4 Å². The SMILES string of the molecule is Cc1ccc(C2(C)CCCC2(C)C)cc1C(=O)O. The van der Waals surface area contributed by atoms with Gasteiger partial charge in [0, 0.05) is 0 Å². The molecule has 1 unspecified atom stereocenters. The molecule has 0 saturated heterocycles. The number of aryl methyl sites for hydroxylation is 1. The lowest BCUT2D eigenvalue weighted by atomic mass is 9.65. The third kappa shape index (κ3) is 1.84. The molecule has 1 aromatic carbocycles. The standard InChI is InChI=1S/C16H22O2/c1-11-6-7-12(10-13(11)14(17)18)16(4)9-5-8-15(16,2)3/h6-7,10H,5,8-9H2,1-4H3,(H,17,18). The van der Waals surface area contributed by atoms with Crippen LogP contribution in [0.25, 0.3) is 0 Å². The van der Waals surface area contributed by atoms with Gasteiger partial charge >= 0.3 is 5.97 Å². The molecular weight excluding hydrogens is 224 g/mol. The summed E-state index contributed by atoms with van der Waals surface area (Å²) in [5.74, 6) is -0.825. The zero-order valence-corrected chi connectivity index (χ0v) is 11.7. The second-order valence-corrected chi connectivity index (χ2v) is 6.40. The van der Waals surface area contributed by atoms with E-state index in [1.807, 2.05) is 19.1 Å². The summed E-state index contributed by atoms with van der Waals surface area (Å²) in [5, 5.41) is 9.25. The minimum atomic E-state index is -0.825. The lowest BCUT2D eigenvalue weighted by Crippen LogP contribution is -2.34. The van der Waals surface area contributed by atoms with Crippen LogP contribution in [0.3, 0.4) is 0 Å². The summed E-state index contributed by atoms with van der Waals surface area (Å²) in [6, 6.07) is 5.93.